The molecule has 0 bridgehead atoms. The van der Waals surface area contributed by atoms with E-state index in [0.29, 0.717) is 5.78 Å². The second kappa shape index (κ2) is 6.33. The number of halogens is 1. The number of aryl methyl sites for hydroxylation is 1. The smallest absolute Gasteiger partial charge is 0.235 e. The Morgan fingerprint density at radius 3 is 2.24 bits per heavy atom. The molecule has 4 aromatic rings. The minimum absolute atomic E-state index is 0.698. The third-order valence-corrected chi connectivity index (χ3v) is 4.64. The van der Waals surface area contributed by atoms with Gasteiger partial charge in [-0.3, -0.25) is 4.40 Å². The van der Waals surface area contributed by atoms with Crippen molar-refractivity contribution >= 4 is 21.7 Å². The van der Waals surface area contributed by atoms with Crippen LogP contribution in [0.25, 0.3) is 28.3 Å². The molecule has 0 unspecified atom stereocenters. The van der Waals surface area contributed by atoms with Crippen LogP contribution >= 0.6 is 15.9 Å². The molecule has 0 aliphatic carbocycles. The van der Waals surface area contributed by atoms with E-state index in [0.717, 1.165) is 38.4 Å². The Labute approximate surface area is 154 Å². The number of hydrogen-bond donors (Lipinski definition) is 0. The first-order valence-electron chi connectivity index (χ1n) is 7.92. The average molecular weight is 394 g/mol. The Hall–Kier alpha value is -2.66. The molecule has 0 N–H and O–H groups in total. The van der Waals surface area contributed by atoms with E-state index < -0.39 is 0 Å². The standard InChI is InChI=1S/C20H16BrN3O/c1-13-11-12-24-19(15-3-7-16(21)8-4-15)18(23-20(24)22-13)14-5-9-17(25-2)10-6-14/h3-12H,1-2H3. The number of methoxy groups -OCH3 is 1. The number of aromatic nitrogens is 3. The first-order chi connectivity index (χ1) is 12.2. The summed E-state index contributed by atoms with van der Waals surface area (Å²) in [6, 6.07) is 18.2. The average Bonchev–Trinajstić information content (AvgIpc) is 3.01. The maximum atomic E-state index is 5.26. The molecule has 2 aromatic heterocycles. The van der Waals surface area contributed by atoms with E-state index >= 15 is 0 Å². The highest BCUT2D eigenvalue weighted by Crippen LogP contribution is 2.33. The summed E-state index contributed by atoms with van der Waals surface area (Å²) in [5, 5.41) is 0. The van der Waals surface area contributed by atoms with Gasteiger partial charge in [-0.25, -0.2) is 9.97 Å². The van der Waals surface area contributed by atoms with Crippen molar-refractivity contribution in [1.82, 2.24) is 14.4 Å². The van der Waals surface area contributed by atoms with Gasteiger partial charge in [0.2, 0.25) is 5.78 Å². The molecule has 0 radical (unpaired) electrons. The van der Waals surface area contributed by atoms with Gasteiger partial charge >= 0.3 is 0 Å². The summed E-state index contributed by atoms with van der Waals surface area (Å²) in [6.07, 6.45) is 2.02. The second-order valence-corrected chi connectivity index (χ2v) is 6.70. The Morgan fingerprint density at radius 1 is 0.880 bits per heavy atom. The monoisotopic (exact) mass is 393 g/mol. The summed E-state index contributed by atoms with van der Waals surface area (Å²) < 4.78 is 8.35. The summed E-state index contributed by atoms with van der Waals surface area (Å²) in [7, 11) is 1.67. The van der Waals surface area contributed by atoms with Crippen molar-refractivity contribution in [1.29, 1.82) is 0 Å². The molecule has 4 rings (SSSR count). The van der Waals surface area contributed by atoms with Gasteiger partial charge in [0, 0.05) is 27.5 Å². The van der Waals surface area contributed by atoms with Crippen LogP contribution in [0.4, 0.5) is 0 Å². The zero-order valence-corrected chi connectivity index (χ0v) is 15.5. The van der Waals surface area contributed by atoms with Crippen molar-refractivity contribution in [2.45, 2.75) is 6.92 Å². The van der Waals surface area contributed by atoms with Gasteiger partial charge in [-0.05, 0) is 49.4 Å². The van der Waals surface area contributed by atoms with E-state index in [1.807, 2.05) is 60.0 Å². The molecule has 4 nitrogen and oxygen atoms in total. The Morgan fingerprint density at radius 2 is 1.56 bits per heavy atom. The van der Waals surface area contributed by atoms with Gasteiger partial charge in [0.15, 0.2) is 0 Å². The van der Waals surface area contributed by atoms with Crippen LogP contribution in [0.15, 0.2) is 65.3 Å². The van der Waals surface area contributed by atoms with Crippen molar-refractivity contribution in [3.8, 4) is 28.3 Å². The van der Waals surface area contributed by atoms with Crippen molar-refractivity contribution < 1.29 is 4.74 Å². The van der Waals surface area contributed by atoms with Crippen LogP contribution in [0.3, 0.4) is 0 Å². The number of imidazole rings is 1. The molecule has 2 aromatic carbocycles. The number of benzene rings is 2. The zero-order valence-electron chi connectivity index (χ0n) is 13.9. The lowest BCUT2D eigenvalue weighted by Crippen LogP contribution is -1.92. The quantitative estimate of drug-likeness (QED) is 0.483. The lowest BCUT2D eigenvalue weighted by molar-refractivity contribution is 0.415. The van der Waals surface area contributed by atoms with Crippen molar-refractivity contribution in [3.05, 3.63) is 71.0 Å². The highest BCUT2D eigenvalue weighted by atomic mass is 79.9. The maximum Gasteiger partial charge on any atom is 0.235 e. The second-order valence-electron chi connectivity index (χ2n) is 5.78. The van der Waals surface area contributed by atoms with E-state index in [1.165, 1.54) is 0 Å². The summed E-state index contributed by atoms with van der Waals surface area (Å²) in [6.45, 7) is 1.97. The number of fused-ring (bicyclic) bond motifs is 1. The third kappa shape index (κ3) is 2.91. The molecule has 0 aliphatic rings. The highest BCUT2D eigenvalue weighted by molar-refractivity contribution is 9.10. The summed E-state index contributed by atoms with van der Waals surface area (Å²) >= 11 is 3.50. The predicted octanol–water partition coefficient (Wildman–Crippen LogP) is 5.14. The first kappa shape index (κ1) is 15.8. The number of nitrogens with zero attached hydrogens (tertiary/aromatic N) is 3. The van der Waals surface area contributed by atoms with Crippen molar-refractivity contribution in [2.24, 2.45) is 0 Å². The highest BCUT2D eigenvalue weighted by Gasteiger charge is 2.17. The molecule has 0 amide bonds. The van der Waals surface area contributed by atoms with E-state index in [1.54, 1.807) is 7.11 Å². The Balaban J connectivity index is 1.98. The summed E-state index contributed by atoms with van der Waals surface area (Å²) in [5.74, 6) is 1.52. The van der Waals surface area contributed by atoms with Crippen LogP contribution in [-0.2, 0) is 0 Å². The normalized spacial score (nSPS) is 11.0. The molecule has 0 saturated heterocycles. The molecule has 0 saturated carbocycles. The molecule has 0 spiro atoms. The van der Waals surface area contributed by atoms with Gasteiger partial charge < -0.3 is 4.74 Å². The summed E-state index contributed by atoms with van der Waals surface area (Å²) in [5.41, 5.74) is 5.00. The van der Waals surface area contributed by atoms with Crippen LogP contribution in [0.1, 0.15) is 5.69 Å². The van der Waals surface area contributed by atoms with Crippen LogP contribution in [0.2, 0.25) is 0 Å². The number of hydrogen-bond acceptors (Lipinski definition) is 3. The molecule has 2 heterocycles. The van der Waals surface area contributed by atoms with Crippen LogP contribution in [-0.4, -0.2) is 21.5 Å². The van der Waals surface area contributed by atoms with Crippen molar-refractivity contribution in [3.63, 3.8) is 0 Å². The SMILES string of the molecule is COc1ccc(-c2nc3nc(C)ccn3c2-c2ccc(Br)cc2)cc1. The van der Waals surface area contributed by atoms with Crippen molar-refractivity contribution in [2.75, 3.05) is 7.11 Å². The number of rotatable bonds is 3. The minimum atomic E-state index is 0.698. The third-order valence-electron chi connectivity index (χ3n) is 4.11. The van der Waals surface area contributed by atoms with Crippen LogP contribution in [0, 0.1) is 6.92 Å². The molecule has 0 fully saturated rings. The number of ether oxygens (including phenoxy) is 1. The molecule has 0 aliphatic heterocycles. The molecular formula is C20H16BrN3O. The Kier molecular flexibility index (Phi) is 4.01. The zero-order chi connectivity index (χ0) is 17.4. The minimum Gasteiger partial charge on any atom is -0.497 e. The van der Waals surface area contributed by atoms with E-state index in [2.05, 4.69) is 33.0 Å². The van der Waals surface area contributed by atoms with Gasteiger partial charge in [-0.1, -0.05) is 28.1 Å². The van der Waals surface area contributed by atoms with E-state index in [4.69, 9.17) is 9.72 Å². The summed E-state index contributed by atoms with van der Waals surface area (Å²) in [4.78, 5) is 9.37. The van der Waals surface area contributed by atoms with Gasteiger partial charge in [-0.15, -0.1) is 0 Å². The fourth-order valence-electron chi connectivity index (χ4n) is 2.85. The van der Waals surface area contributed by atoms with Gasteiger partial charge in [0.25, 0.3) is 0 Å². The maximum absolute atomic E-state index is 5.26. The lowest BCUT2D eigenvalue weighted by Gasteiger charge is -2.07. The molecule has 25 heavy (non-hydrogen) atoms. The molecule has 124 valence electrons. The molecule has 0 atom stereocenters. The fraction of sp³-hybridized carbons (Fsp3) is 0.100. The van der Waals surface area contributed by atoms with Gasteiger partial charge in [0.1, 0.15) is 5.75 Å². The van der Waals surface area contributed by atoms with Crippen LogP contribution < -0.4 is 4.74 Å². The molecular weight excluding hydrogens is 378 g/mol. The van der Waals surface area contributed by atoms with E-state index in [-0.39, 0.29) is 0 Å². The molecule has 5 heteroatoms. The first-order valence-corrected chi connectivity index (χ1v) is 8.71. The predicted molar refractivity (Wildman–Crippen MR) is 103 cm³/mol. The fourth-order valence-corrected chi connectivity index (χ4v) is 3.12. The Bertz CT molecular complexity index is 1040. The largest absolute Gasteiger partial charge is 0.497 e. The van der Waals surface area contributed by atoms with E-state index in [9.17, 15) is 0 Å². The van der Waals surface area contributed by atoms with Gasteiger partial charge in [0.05, 0.1) is 18.5 Å². The lowest BCUT2D eigenvalue weighted by atomic mass is 10.0. The van der Waals surface area contributed by atoms with Gasteiger partial charge in [-0.2, -0.15) is 0 Å². The topological polar surface area (TPSA) is 39.4 Å². The van der Waals surface area contributed by atoms with Crippen LogP contribution in [0.5, 0.6) is 5.75 Å².